The smallest absolute Gasteiger partial charge is 0.255 e. The van der Waals surface area contributed by atoms with Crippen LogP contribution in [-0.2, 0) is 0 Å². The monoisotopic (exact) mass is 219 g/mol. The van der Waals surface area contributed by atoms with E-state index in [0.717, 1.165) is 12.3 Å². The molecule has 0 spiro atoms. The van der Waals surface area contributed by atoms with E-state index in [-0.39, 0.29) is 11.4 Å². The summed E-state index contributed by atoms with van der Waals surface area (Å²) in [7, 11) is 0. The number of hydrogen-bond acceptors (Lipinski definition) is 3. The summed E-state index contributed by atoms with van der Waals surface area (Å²) in [5.41, 5.74) is 5.02. The van der Waals surface area contributed by atoms with Gasteiger partial charge in [-0.3, -0.25) is 4.79 Å². The molecule has 1 amide bonds. The molecule has 1 rings (SSSR count). The maximum Gasteiger partial charge on any atom is 0.255 e. The van der Waals surface area contributed by atoms with Crippen LogP contribution in [0.4, 0.5) is 19.0 Å². The second-order valence-electron chi connectivity index (χ2n) is 2.69. The lowest BCUT2D eigenvalue weighted by molar-refractivity contribution is 0.0892. The highest BCUT2D eigenvalue weighted by atomic mass is 19.3. The van der Waals surface area contributed by atoms with Gasteiger partial charge in [0, 0.05) is 0 Å². The van der Waals surface area contributed by atoms with Crippen LogP contribution < -0.4 is 11.1 Å². The number of nitrogens with two attached hydrogens (primary N) is 1. The Labute approximate surface area is 83.3 Å². The Bertz CT molecular complexity index is 370. The van der Waals surface area contributed by atoms with Crippen LogP contribution in [0.5, 0.6) is 0 Å². The third kappa shape index (κ3) is 3.12. The summed E-state index contributed by atoms with van der Waals surface area (Å²) in [5, 5.41) is 1.89. The number of aromatic nitrogens is 1. The fourth-order valence-electron chi connectivity index (χ4n) is 0.897. The molecule has 0 atom stereocenters. The number of carbonyl (C=O) groups is 1. The predicted molar refractivity (Wildman–Crippen MR) is 46.9 cm³/mol. The Kier molecular flexibility index (Phi) is 3.48. The summed E-state index contributed by atoms with van der Waals surface area (Å²) in [6.07, 6.45) is -1.84. The van der Waals surface area contributed by atoms with E-state index in [1.807, 2.05) is 5.32 Å². The molecule has 7 heteroatoms. The first-order valence-corrected chi connectivity index (χ1v) is 3.98. The van der Waals surface area contributed by atoms with Gasteiger partial charge in [-0.2, -0.15) is 0 Å². The molecule has 0 fully saturated rings. The van der Waals surface area contributed by atoms with Crippen molar-refractivity contribution in [3.8, 4) is 0 Å². The van der Waals surface area contributed by atoms with Crippen LogP contribution in [0.2, 0.25) is 0 Å². The summed E-state index contributed by atoms with van der Waals surface area (Å²) < 4.78 is 36.2. The van der Waals surface area contributed by atoms with Gasteiger partial charge in [0.15, 0.2) is 0 Å². The normalized spacial score (nSPS) is 10.4. The largest absolute Gasteiger partial charge is 0.383 e. The SMILES string of the molecule is Nc1ncc(F)cc1C(=O)NCC(F)F. The Hall–Kier alpha value is -1.79. The molecule has 0 aromatic carbocycles. The van der Waals surface area contributed by atoms with Crippen LogP contribution in [0, 0.1) is 5.82 Å². The van der Waals surface area contributed by atoms with Gasteiger partial charge >= 0.3 is 0 Å². The van der Waals surface area contributed by atoms with Crippen molar-refractivity contribution in [3.63, 3.8) is 0 Å². The average molecular weight is 219 g/mol. The van der Waals surface area contributed by atoms with Gasteiger partial charge in [-0.25, -0.2) is 18.2 Å². The zero-order valence-corrected chi connectivity index (χ0v) is 7.51. The van der Waals surface area contributed by atoms with Crippen molar-refractivity contribution in [3.05, 3.63) is 23.6 Å². The number of hydrogen-bond donors (Lipinski definition) is 2. The van der Waals surface area contributed by atoms with Gasteiger partial charge in [0.2, 0.25) is 0 Å². The molecule has 0 unspecified atom stereocenters. The molecule has 0 bridgehead atoms. The molecular formula is C8H8F3N3O. The van der Waals surface area contributed by atoms with E-state index in [4.69, 9.17) is 5.73 Å². The molecule has 0 saturated carbocycles. The minimum absolute atomic E-state index is 0.205. The van der Waals surface area contributed by atoms with Gasteiger partial charge in [-0.1, -0.05) is 0 Å². The fraction of sp³-hybridized carbons (Fsp3) is 0.250. The molecule has 0 aliphatic rings. The number of pyridine rings is 1. The standard InChI is InChI=1S/C8H8F3N3O/c9-4-1-5(7(12)13-2-4)8(15)14-3-6(10)11/h1-2,6H,3H2,(H2,12,13)(H,14,15). The molecule has 0 radical (unpaired) electrons. The first-order valence-electron chi connectivity index (χ1n) is 3.98. The van der Waals surface area contributed by atoms with Gasteiger partial charge in [0.25, 0.3) is 12.3 Å². The first-order chi connectivity index (χ1) is 7.00. The Morgan fingerprint density at radius 3 is 2.87 bits per heavy atom. The fourth-order valence-corrected chi connectivity index (χ4v) is 0.897. The van der Waals surface area contributed by atoms with E-state index in [9.17, 15) is 18.0 Å². The Balaban J connectivity index is 2.77. The summed E-state index contributed by atoms with van der Waals surface area (Å²) >= 11 is 0. The molecule has 82 valence electrons. The number of carbonyl (C=O) groups excluding carboxylic acids is 1. The number of nitrogens with zero attached hydrogens (tertiary/aromatic N) is 1. The van der Waals surface area contributed by atoms with Crippen LogP contribution in [0.15, 0.2) is 12.3 Å². The van der Waals surface area contributed by atoms with Crippen molar-refractivity contribution >= 4 is 11.7 Å². The molecule has 1 heterocycles. The topological polar surface area (TPSA) is 68.0 Å². The molecule has 1 aromatic rings. The Morgan fingerprint density at radius 1 is 1.60 bits per heavy atom. The number of nitrogens with one attached hydrogen (secondary N) is 1. The third-order valence-electron chi connectivity index (χ3n) is 1.55. The first kappa shape index (κ1) is 11.3. The molecule has 0 saturated heterocycles. The number of rotatable bonds is 3. The van der Waals surface area contributed by atoms with Crippen molar-refractivity contribution < 1.29 is 18.0 Å². The number of amides is 1. The summed E-state index contributed by atoms with van der Waals surface area (Å²) in [6.45, 7) is -0.811. The number of anilines is 1. The Morgan fingerprint density at radius 2 is 2.27 bits per heavy atom. The highest BCUT2D eigenvalue weighted by Gasteiger charge is 2.13. The van der Waals surface area contributed by atoms with E-state index in [1.165, 1.54) is 0 Å². The van der Waals surface area contributed by atoms with Crippen LogP contribution in [0.1, 0.15) is 10.4 Å². The van der Waals surface area contributed by atoms with Crippen molar-refractivity contribution in [2.75, 3.05) is 12.3 Å². The summed E-state index contributed by atoms with van der Waals surface area (Å²) in [4.78, 5) is 14.6. The predicted octanol–water partition coefficient (Wildman–Crippen LogP) is 0.798. The van der Waals surface area contributed by atoms with Gasteiger partial charge in [0.1, 0.15) is 11.6 Å². The number of alkyl halides is 2. The van der Waals surface area contributed by atoms with E-state index in [0.29, 0.717) is 0 Å². The van der Waals surface area contributed by atoms with E-state index in [2.05, 4.69) is 4.98 Å². The van der Waals surface area contributed by atoms with Crippen molar-refractivity contribution in [1.29, 1.82) is 0 Å². The van der Waals surface area contributed by atoms with E-state index < -0.39 is 24.7 Å². The highest BCUT2D eigenvalue weighted by Crippen LogP contribution is 2.09. The van der Waals surface area contributed by atoms with Crippen LogP contribution >= 0.6 is 0 Å². The zero-order valence-electron chi connectivity index (χ0n) is 7.51. The summed E-state index contributed by atoms with van der Waals surface area (Å²) in [5.74, 6) is -1.84. The van der Waals surface area contributed by atoms with Crippen molar-refractivity contribution in [1.82, 2.24) is 10.3 Å². The van der Waals surface area contributed by atoms with Crippen molar-refractivity contribution in [2.45, 2.75) is 6.43 Å². The molecule has 15 heavy (non-hydrogen) atoms. The molecule has 1 aromatic heterocycles. The van der Waals surface area contributed by atoms with Gasteiger partial charge in [-0.15, -0.1) is 0 Å². The molecule has 0 aliphatic carbocycles. The number of nitrogen functional groups attached to an aromatic ring is 1. The minimum Gasteiger partial charge on any atom is -0.383 e. The maximum absolute atomic E-state index is 12.7. The van der Waals surface area contributed by atoms with Crippen LogP contribution in [0.25, 0.3) is 0 Å². The molecule has 0 aliphatic heterocycles. The third-order valence-corrected chi connectivity index (χ3v) is 1.55. The van der Waals surface area contributed by atoms with Crippen molar-refractivity contribution in [2.24, 2.45) is 0 Å². The molecule has 4 nitrogen and oxygen atoms in total. The average Bonchev–Trinajstić information content (AvgIpc) is 2.18. The van der Waals surface area contributed by atoms with Gasteiger partial charge in [-0.05, 0) is 6.07 Å². The molecular weight excluding hydrogens is 211 g/mol. The van der Waals surface area contributed by atoms with Gasteiger partial charge in [0.05, 0.1) is 18.3 Å². The quantitative estimate of drug-likeness (QED) is 0.790. The van der Waals surface area contributed by atoms with E-state index in [1.54, 1.807) is 0 Å². The van der Waals surface area contributed by atoms with E-state index >= 15 is 0 Å². The van der Waals surface area contributed by atoms with Crippen LogP contribution in [0.3, 0.4) is 0 Å². The molecule has 3 N–H and O–H groups in total. The van der Waals surface area contributed by atoms with Gasteiger partial charge < -0.3 is 11.1 Å². The second-order valence-corrected chi connectivity index (χ2v) is 2.69. The highest BCUT2D eigenvalue weighted by molar-refractivity contribution is 5.98. The lowest BCUT2D eigenvalue weighted by Crippen LogP contribution is -2.29. The maximum atomic E-state index is 12.7. The number of halogens is 3. The zero-order chi connectivity index (χ0) is 11.4. The summed E-state index contributed by atoms with van der Waals surface area (Å²) in [6, 6.07) is 0.836. The van der Waals surface area contributed by atoms with Crippen LogP contribution in [-0.4, -0.2) is 23.9 Å². The minimum atomic E-state index is -2.67. The lowest BCUT2D eigenvalue weighted by Gasteiger charge is -2.05. The lowest BCUT2D eigenvalue weighted by atomic mass is 10.2. The second kappa shape index (κ2) is 4.63.